The Hall–Kier alpha value is -0.770. The molecule has 0 saturated carbocycles. The van der Waals surface area contributed by atoms with E-state index in [4.69, 9.17) is 16.3 Å². The van der Waals surface area contributed by atoms with E-state index in [9.17, 15) is 0 Å². The molecule has 2 unspecified atom stereocenters. The van der Waals surface area contributed by atoms with Gasteiger partial charge < -0.3 is 10.1 Å². The fraction of sp³-hybridized carbons (Fsp3) is 0.625. The molecule has 1 aromatic carbocycles. The topological polar surface area (TPSA) is 24.5 Å². The Kier molecular flexibility index (Phi) is 4.49. The molecule has 1 aromatic rings. The largest absolute Gasteiger partial charge is 0.495 e. The molecule has 20 heavy (non-hydrogen) atoms. The summed E-state index contributed by atoms with van der Waals surface area (Å²) in [5, 5.41) is 4.36. The van der Waals surface area contributed by atoms with E-state index in [0.29, 0.717) is 17.1 Å². The zero-order chi connectivity index (χ0) is 13.9. The van der Waals surface area contributed by atoms with Crippen LogP contribution in [0.3, 0.4) is 0 Å². The predicted octanol–water partition coefficient (Wildman–Crippen LogP) is 3.07. The summed E-state index contributed by atoms with van der Waals surface area (Å²) < 4.78 is 5.22. The molecule has 4 heteroatoms. The van der Waals surface area contributed by atoms with Crippen LogP contribution in [0.4, 0.5) is 0 Å². The van der Waals surface area contributed by atoms with Crippen LogP contribution in [0.15, 0.2) is 18.2 Å². The number of nitrogens with one attached hydrogen (secondary N) is 1. The first-order valence-electron chi connectivity index (χ1n) is 7.58. The van der Waals surface area contributed by atoms with Gasteiger partial charge >= 0.3 is 0 Å². The van der Waals surface area contributed by atoms with E-state index in [1.165, 1.54) is 44.3 Å². The van der Waals surface area contributed by atoms with Crippen molar-refractivity contribution >= 4 is 11.6 Å². The highest BCUT2D eigenvalue weighted by atomic mass is 35.5. The zero-order valence-electron chi connectivity index (χ0n) is 12.1. The van der Waals surface area contributed by atoms with Gasteiger partial charge in [0.25, 0.3) is 0 Å². The fourth-order valence-corrected chi connectivity index (χ4v) is 3.87. The standard InChI is InChI=1S/C16H23ClN2O/c1-20-16-7-6-12(10-13(16)17)11-19-9-3-5-15(19)14-4-2-8-18-14/h6-7,10,14-15,18H,2-5,8-9,11H2,1H3. The van der Waals surface area contributed by atoms with Gasteiger partial charge in [-0.1, -0.05) is 17.7 Å². The minimum atomic E-state index is 0.686. The molecule has 0 aliphatic carbocycles. The molecule has 0 spiro atoms. The Labute approximate surface area is 126 Å². The van der Waals surface area contributed by atoms with Gasteiger partial charge in [-0.3, -0.25) is 4.90 Å². The lowest BCUT2D eigenvalue weighted by Gasteiger charge is -2.29. The Morgan fingerprint density at radius 1 is 1.35 bits per heavy atom. The van der Waals surface area contributed by atoms with Crippen molar-refractivity contribution in [3.05, 3.63) is 28.8 Å². The van der Waals surface area contributed by atoms with Crippen molar-refractivity contribution < 1.29 is 4.74 Å². The summed E-state index contributed by atoms with van der Waals surface area (Å²) in [5.41, 5.74) is 1.28. The number of ether oxygens (including phenoxy) is 1. The highest BCUT2D eigenvalue weighted by Crippen LogP contribution is 2.29. The molecule has 2 aliphatic heterocycles. The van der Waals surface area contributed by atoms with Crippen molar-refractivity contribution in [1.82, 2.24) is 10.2 Å². The quantitative estimate of drug-likeness (QED) is 0.924. The van der Waals surface area contributed by atoms with Crippen LogP contribution in [-0.2, 0) is 6.54 Å². The summed E-state index contributed by atoms with van der Waals surface area (Å²) in [6.45, 7) is 3.38. The Bertz CT molecular complexity index is 460. The number of rotatable bonds is 4. The summed E-state index contributed by atoms with van der Waals surface area (Å²) in [5.74, 6) is 0.755. The number of hydrogen-bond donors (Lipinski definition) is 1. The second-order valence-electron chi connectivity index (χ2n) is 5.85. The number of nitrogens with zero attached hydrogens (tertiary/aromatic N) is 1. The van der Waals surface area contributed by atoms with Crippen molar-refractivity contribution in [2.24, 2.45) is 0 Å². The van der Waals surface area contributed by atoms with Crippen molar-refractivity contribution in [2.45, 2.75) is 44.3 Å². The smallest absolute Gasteiger partial charge is 0.137 e. The van der Waals surface area contributed by atoms with Crippen LogP contribution in [0.25, 0.3) is 0 Å². The van der Waals surface area contributed by atoms with E-state index in [1.807, 2.05) is 12.1 Å². The summed E-state index contributed by atoms with van der Waals surface area (Å²) in [6.07, 6.45) is 5.28. The van der Waals surface area contributed by atoms with Gasteiger partial charge in [-0.05, 0) is 56.5 Å². The lowest BCUT2D eigenvalue weighted by Crippen LogP contribution is -2.43. The van der Waals surface area contributed by atoms with E-state index < -0.39 is 0 Å². The summed E-state index contributed by atoms with van der Waals surface area (Å²) in [7, 11) is 1.66. The zero-order valence-corrected chi connectivity index (χ0v) is 12.8. The molecule has 2 heterocycles. The molecule has 0 bridgehead atoms. The van der Waals surface area contributed by atoms with Crippen LogP contribution in [0.5, 0.6) is 5.75 Å². The molecule has 0 radical (unpaired) electrons. The third-order valence-electron chi connectivity index (χ3n) is 4.58. The van der Waals surface area contributed by atoms with E-state index >= 15 is 0 Å². The van der Waals surface area contributed by atoms with E-state index in [1.54, 1.807) is 7.11 Å². The Morgan fingerprint density at radius 3 is 2.95 bits per heavy atom. The van der Waals surface area contributed by atoms with Crippen LogP contribution in [0.1, 0.15) is 31.2 Å². The molecule has 3 nitrogen and oxygen atoms in total. The number of likely N-dealkylation sites (tertiary alicyclic amines) is 1. The second-order valence-corrected chi connectivity index (χ2v) is 6.26. The molecule has 0 amide bonds. The monoisotopic (exact) mass is 294 g/mol. The molecular formula is C16H23ClN2O. The highest BCUT2D eigenvalue weighted by Gasteiger charge is 2.32. The van der Waals surface area contributed by atoms with Gasteiger partial charge in [0.05, 0.1) is 12.1 Å². The maximum absolute atomic E-state index is 6.22. The van der Waals surface area contributed by atoms with Crippen molar-refractivity contribution in [2.75, 3.05) is 20.2 Å². The maximum atomic E-state index is 6.22. The SMILES string of the molecule is COc1ccc(CN2CCCC2C2CCCN2)cc1Cl. The summed E-state index contributed by atoms with van der Waals surface area (Å²) in [4.78, 5) is 2.61. The molecular weight excluding hydrogens is 272 g/mol. The minimum absolute atomic E-state index is 0.686. The second kappa shape index (κ2) is 6.33. The van der Waals surface area contributed by atoms with Crippen molar-refractivity contribution in [3.63, 3.8) is 0 Å². The lowest BCUT2D eigenvalue weighted by molar-refractivity contribution is 0.206. The van der Waals surface area contributed by atoms with Gasteiger partial charge in [0.15, 0.2) is 0 Å². The van der Waals surface area contributed by atoms with Gasteiger partial charge in [0.1, 0.15) is 5.75 Å². The third-order valence-corrected chi connectivity index (χ3v) is 4.87. The maximum Gasteiger partial charge on any atom is 0.137 e. The van der Waals surface area contributed by atoms with Crippen LogP contribution in [0.2, 0.25) is 5.02 Å². The van der Waals surface area contributed by atoms with E-state index in [0.717, 1.165) is 12.3 Å². The normalized spacial score (nSPS) is 27.1. The van der Waals surface area contributed by atoms with Crippen LogP contribution >= 0.6 is 11.6 Å². The third kappa shape index (κ3) is 2.95. The molecule has 3 rings (SSSR count). The van der Waals surface area contributed by atoms with Gasteiger partial charge in [-0.25, -0.2) is 0 Å². The van der Waals surface area contributed by atoms with Crippen LogP contribution < -0.4 is 10.1 Å². The first-order chi connectivity index (χ1) is 9.78. The highest BCUT2D eigenvalue weighted by molar-refractivity contribution is 6.32. The number of hydrogen-bond acceptors (Lipinski definition) is 3. The molecule has 1 N–H and O–H groups in total. The Balaban J connectivity index is 1.68. The van der Waals surface area contributed by atoms with Gasteiger partial charge in [0.2, 0.25) is 0 Å². The average molecular weight is 295 g/mol. The van der Waals surface area contributed by atoms with Crippen LogP contribution in [-0.4, -0.2) is 37.2 Å². The molecule has 110 valence electrons. The minimum Gasteiger partial charge on any atom is -0.495 e. The molecule has 0 aromatic heterocycles. The molecule has 2 aliphatic rings. The van der Waals surface area contributed by atoms with Crippen molar-refractivity contribution in [3.8, 4) is 5.75 Å². The van der Waals surface area contributed by atoms with E-state index in [-0.39, 0.29) is 0 Å². The van der Waals surface area contributed by atoms with Gasteiger partial charge in [-0.15, -0.1) is 0 Å². The van der Waals surface area contributed by atoms with Gasteiger partial charge in [-0.2, -0.15) is 0 Å². The Morgan fingerprint density at radius 2 is 2.25 bits per heavy atom. The molecule has 2 atom stereocenters. The number of methoxy groups -OCH3 is 1. The first kappa shape index (κ1) is 14.2. The average Bonchev–Trinajstić information content (AvgIpc) is 3.09. The molecule has 2 saturated heterocycles. The van der Waals surface area contributed by atoms with Crippen molar-refractivity contribution in [1.29, 1.82) is 0 Å². The molecule has 2 fully saturated rings. The summed E-state index contributed by atoms with van der Waals surface area (Å²) >= 11 is 6.22. The predicted molar refractivity (Wildman–Crippen MR) is 82.5 cm³/mol. The van der Waals surface area contributed by atoms with Crippen LogP contribution in [0, 0.1) is 0 Å². The summed E-state index contributed by atoms with van der Waals surface area (Å²) in [6, 6.07) is 7.51. The van der Waals surface area contributed by atoms with Gasteiger partial charge in [0, 0.05) is 18.6 Å². The number of halogens is 1. The first-order valence-corrected chi connectivity index (χ1v) is 7.95. The van der Waals surface area contributed by atoms with E-state index in [2.05, 4.69) is 16.3 Å². The lowest BCUT2D eigenvalue weighted by atomic mass is 10.0. The number of benzene rings is 1. The fourth-order valence-electron chi connectivity index (χ4n) is 3.59.